The molecular weight excluding hydrogens is 204 g/mol. The zero-order valence-electron chi connectivity index (χ0n) is 9.54. The molecule has 0 atom stereocenters. The lowest BCUT2D eigenvalue weighted by Crippen LogP contribution is -2.24. The molecule has 1 aromatic carbocycles. The number of anilines is 1. The first-order chi connectivity index (χ1) is 7.66. The van der Waals surface area contributed by atoms with E-state index in [4.69, 9.17) is 4.74 Å². The Hall–Kier alpha value is -1.71. The minimum Gasteiger partial charge on any atom is -0.491 e. The quantitative estimate of drug-likeness (QED) is 0.796. The first-order valence-electron chi connectivity index (χ1n) is 5.48. The number of hydrogen-bond donors (Lipinski definition) is 2. The van der Waals surface area contributed by atoms with Gasteiger partial charge in [0.05, 0.1) is 12.1 Å². The third-order valence-corrected chi connectivity index (χ3v) is 2.33. The van der Waals surface area contributed by atoms with Crippen LogP contribution in [-0.2, 0) is 0 Å². The summed E-state index contributed by atoms with van der Waals surface area (Å²) in [7, 11) is 0. The Kier molecular flexibility index (Phi) is 2.99. The smallest absolute Gasteiger partial charge is 0.255 e. The molecule has 1 aliphatic rings. The van der Waals surface area contributed by atoms with Gasteiger partial charge in [0.25, 0.3) is 5.91 Å². The van der Waals surface area contributed by atoms with E-state index in [1.54, 1.807) is 6.07 Å². The highest BCUT2D eigenvalue weighted by atomic mass is 16.5. The lowest BCUT2D eigenvalue weighted by Gasteiger charge is -2.12. The van der Waals surface area contributed by atoms with Crippen LogP contribution in [-0.4, -0.2) is 25.1 Å². The molecule has 1 aromatic rings. The van der Waals surface area contributed by atoms with Crippen molar-refractivity contribution in [2.45, 2.75) is 19.9 Å². The predicted octanol–water partition coefficient (Wildman–Crippen LogP) is 1.63. The molecule has 2 N–H and O–H groups in total. The topological polar surface area (TPSA) is 50.4 Å². The molecule has 0 aliphatic carbocycles. The Balaban J connectivity index is 2.30. The van der Waals surface area contributed by atoms with E-state index in [1.165, 1.54) is 0 Å². The van der Waals surface area contributed by atoms with Crippen molar-refractivity contribution in [3.8, 4) is 5.75 Å². The molecule has 86 valence electrons. The summed E-state index contributed by atoms with van der Waals surface area (Å²) in [5.41, 5.74) is 1.58. The Labute approximate surface area is 95.0 Å². The minimum absolute atomic E-state index is 0.0661. The van der Waals surface area contributed by atoms with Crippen LogP contribution in [0.3, 0.4) is 0 Å². The van der Waals surface area contributed by atoms with Crippen molar-refractivity contribution in [1.82, 2.24) is 5.32 Å². The maximum absolute atomic E-state index is 11.6. The second-order valence-electron chi connectivity index (χ2n) is 4.11. The second-order valence-corrected chi connectivity index (χ2v) is 4.11. The van der Waals surface area contributed by atoms with Crippen LogP contribution in [0.15, 0.2) is 18.2 Å². The third kappa shape index (κ3) is 2.27. The fourth-order valence-electron chi connectivity index (χ4n) is 1.67. The van der Waals surface area contributed by atoms with Crippen LogP contribution in [0.1, 0.15) is 24.2 Å². The zero-order chi connectivity index (χ0) is 11.5. The SMILES string of the molecule is CC(C)Nc1ccc2c(c1)OCCNC2=O. The van der Waals surface area contributed by atoms with E-state index < -0.39 is 0 Å². The van der Waals surface area contributed by atoms with E-state index in [0.717, 1.165) is 5.69 Å². The fraction of sp³-hybridized carbons (Fsp3) is 0.417. The summed E-state index contributed by atoms with van der Waals surface area (Å²) in [5, 5.41) is 6.05. The fourth-order valence-corrected chi connectivity index (χ4v) is 1.67. The largest absolute Gasteiger partial charge is 0.491 e. The molecule has 4 nitrogen and oxygen atoms in total. The van der Waals surface area contributed by atoms with Gasteiger partial charge in [0.15, 0.2) is 0 Å². The molecule has 16 heavy (non-hydrogen) atoms. The highest BCUT2D eigenvalue weighted by Crippen LogP contribution is 2.25. The minimum atomic E-state index is -0.0661. The number of amides is 1. The monoisotopic (exact) mass is 220 g/mol. The Bertz CT molecular complexity index is 402. The zero-order valence-corrected chi connectivity index (χ0v) is 9.54. The van der Waals surface area contributed by atoms with Crippen molar-refractivity contribution >= 4 is 11.6 Å². The van der Waals surface area contributed by atoms with E-state index in [0.29, 0.717) is 30.5 Å². The van der Waals surface area contributed by atoms with Crippen LogP contribution >= 0.6 is 0 Å². The van der Waals surface area contributed by atoms with Gasteiger partial charge in [-0.15, -0.1) is 0 Å². The van der Waals surface area contributed by atoms with Crippen LogP contribution in [0, 0.1) is 0 Å². The van der Waals surface area contributed by atoms with Crippen LogP contribution in [0.4, 0.5) is 5.69 Å². The molecule has 0 fully saturated rings. The summed E-state index contributed by atoms with van der Waals surface area (Å²) in [6.45, 7) is 5.21. The van der Waals surface area contributed by atoms with Gasteiger partial charge in [-0.1, -0.05) is 0 Å². The molecule has 0 spiro atoms. The van der Waals surface area contributed by atoms with Crippen molar-refractivity contribution in [3.05, 3.63) is 23.8 Å². The van der Waals surface area contributed by atoms with Gasteiger partial charge in [-0.2, -0.15) is 0 Å². The van der Waals surface area contributed by atoms with Crippen LogP contribution in [0.25, 0.3) is 0 Å². The van der Waals surface area contributed by atoms with Crippen LogP contribution < -0.4 is 15.4 Å². The van der Waals surface area contributed by atoms with Crippen LogP contribution in [0.5, 0.6) is 5.75 Å². The summed E-state index contributed by atoms with van der Waals surface area (Å²) in [6.07, 6.45) is 0. The molecule has 0 saturated heterocycles. The van der Waals surface area contributed by atoms with E-state index in [9.17, 15) is 4.79 Å². The molecule has 0 unspecified atom stereocenters. The first kappa shape index (κ1) is 10.8. The number of benzene rings is 1. The number of fused-ring (bicyclic) bond motifs is 1. The summed E-state index contributed by atoms with van der Waals surface area (Å²) in [4.78, 5) is 11.6. The Morgan fingerprint density at radius 2 is 2.25 bits per heavy atom. The number of nitrogens with one attached hydrogen (secondary N) is 2. The van der Waals surface area contributed by atoms with E-state index >= 15 is 0 Å². The molecule has 0 saturated carbocycles. The lowest BCUT2D eigenvalue weighted by atomic mass is 10.1. The Morgan fingerprint density at radius 3 is 3.00 bits per heavy atom. The van der Waals surface area contributed by atoms with Gasteiger partial charge < -0.3 is 15.4 Å². The average molecular weight is 220 g/mol. The van der Waals surface area contributed by atoms with Gasteiger partial charge in [0, 0.05) is 17.8 Å². The molecule has 0 aromatic heterocycles. The predicted molar refractivity (Wildman–Crippen MR) is 63.0 cm³/mol. The lowest BCUT2D eigenvalue weighted by molar-refractivity contribution is 0.0957. The van der Waals surface area contributed by atoms with Gasteiger partial charge in [-0.3, -0.25) is 4.79 Å². The van der Waals surface area contributed by atoms with Crippen molar-refractivity contribution in [3.63, 3.8) is 0 Å². The summed E-state index contributed by atoms with van der Waals surface area (Å²) < 4.78 is 5.52. The molecule has 2 rings (SSSR count). The molecule has 0 radical (unpaired) electrons. The van der Waals surface area contributed by atoms with E-state index in [1.807, 2.05) is 12.1 Å². The van der Waals surface area contributed by atoms with Crippen molar-refractivity contribution in [2.24, 2.45) is 0 Å². The maximum Gasteiger partial charge on any atom is 0.255 e. The number of rotatable bonds is 2. The highest BCUT2D eigenvalue weighted by Gasteiger charge is 2.16. The maximum atomic E-state index is 11.6. The highest BCUT2D eigenvalue weighted by molar-refractivity contribution is 5.97. The second kappa shape index (κ2) is 4.43. The van der Waals surface area contributed by atoms with E-state index in [2.05, 4.69) is 24.5 Å². The number of carbonyl (C=O) groups excluding carboxylic acids is 1. The van der Waals surface area contributed by atoms with E-state index in [-0.39, 0.29) is 5.91 Å². The molecular formula is C12H16N2O2. The normalized spacial score (nSPS) is 14.8. The standard InChI is InChI=1S/C12H16N2O2/c1-8(2)14-9-3-4-10-11(7-9)16-6-5-13-12(10)15/h3-4,7-8,14H,5-6H2,1-2H3,(H,13,15). The first-order valence-corrected chi connectivity index (χ1v) is 5.48. The Morgan fingerprint density at radius 1 is 1.44 bits per heavy atom. The summed E-state index contributed by atoms with van der Waals surface area (Å²) >= 11 is 0. The van der Waals surface area contributed by atoms with Crippen molar-refractivity contribution in [2.75, 3.05) is 18.5 Å². The van der Waals surface area contributed by atoms with Gasteiger partial charge in [0.1, 0.15) is 12.4 Å². The van der Waals surface area contributed by atoms with Crippen molar-refractivity contribution in [1.29, 1.82) is 0 Å². The molecule has 1 amide bonds. The van der Waals surface area contributed by atoms with Gasteiger partial charge in [-0.25, -0.2) is 0 Å². The summed E-state index contributed by atoms with van der Waals surface area (Å²) in [5.74, 6) is 0.587. The number of ether oxygens (including phenoxy) is 1. The number of carbonyl (C=O) groups is 1. The van der Waals surface area contributed by atoms with Crippen LogP contribution in [0.2, 0.25) is 0 Å². The van der Waals surface area contributed by atoms with Crippen molar-refractivity contribution < 1.29 is 9.53 Å². The molecule has 4 heteroatoms. The average Bonchev–Trinajstić information content (AvgIpc) is 2.40. The third-order valence-electron chi connectivity index (χ3n) is 2.33. The molecule has 1 aliphatic heterocycles. The number of hydrogen-bond acceptors (Lipinski definition) is 3. The molecule has 1 heterocycles. The summed E-state index contributed by atoms with van der Waals surface area (Å²) in [6, 6.07) is 5.92. The van der Waals surface area contributed by atoms with Gasteiger partial charge >= 0.3 is 0 Å². The molecule has 0 bridgehead atoms. The van der Waals surface area contributed by atoms with Gasteiger partial charge in [-0.05, 0) is 26.0 Å². The van der Waals surface area contributed by atoms with Gasteiger partial charge in [0.2, 0.25) is 0 Å².